The van der Waals surface area contributed by atoms with Crippen LogP contribution in [0, 0.1) is 17.1 Å². The van der Waals surface area contributed by atoms with Gasteiger partial charge in [-0.05, 0) is 23.8 Å². The van der Waals surface area contributed by atoms with E-state index in [1.54, 1.807) is 53.2 Å². The number of benzene rings is 2. The van der Waals surface area contributed by atoms with Crippen LogP contribution in [0.4, 0.5) is 9.18 Å². The van der Waals surface area contributed by atoms with Gasteiger partial charge < -0.3 is 14.4 Å². The average Bonchev–Trinajstić information content (AvgIpc) is 3.33. The Hall–Kier alpha value is -4.45. The summed E-state index contributed by atoms with van der Waals surface area (Å²) < 4.78 is 26.9. The van der Waals surface area contributed by atoms with Crippen LogP contribution < -0.4 is 4.74 Å². The monoisotopic (exact) mass is 445 g/mol. The smallest absolute Gasteiger partial charge is 0.409 e. The molecule has 0 radical (unpaired) electrons. The maximum absolute atomic E-state index is 15.1. The molecule has 0 fully saturated rings. The van der Waals surface area contributed by atoms with Gasteiger partial charge in [-0.1, -0.05) is 24.3 Å². The normalized spacial score (nSPS) is 10.6. The van der Waals surface area contributed by atoms with Crippen LogP contribution in [-0.2, 0) is 11.3 Å². The quantitative estimate of drug-likeness (QED) is 0.455. The van der Waals surface area contributed by atoms with Crippen molar-refractivity contribution in [2.24, 2.45) is 0 Å². The number of ether oxygens (including phenoxy) is 2. The number of carbonyl (C=O) groups excluding carboxylic acids is 1. The van der Waals surface area contributed by atoms with Gasteiger partial charge in [0.1, 0.15) is 5.82 Å². The zero-order valence-electron chi connectivity index (χ0n) is 18.2. The molecule has 0 saturated heterocycles. The second kappa shape index (κ2) is 8.96. The van der Waals surface area contributed by atoms with Crippen molar-refractivity contribution in [1.82, 2.24) is 19.3 Å². The fourth-order valence-corrected chi connectivity index (χ4v) is 3.58. The highest BCUT2D eigenvalue weighted by Gasteiger charge is 2.20. The predicted octanol–water partition coefficient (Wildman–Crippen LogP) is 4.28. The van der Waals surface area contributed by atoms with Gasteiger partial charge in [-0.2, -0.15) is 10.2 Å². The van der Waals surface area contributed by atoms with Crippen LogP contribution in [0.25, 0.3) is 28.0 Å². The molecule has 0 atom stereocenters. The third-order valence-corrected chi connectivity index (χ3v) is 5.22. The van der Waals surface area contributed by atoms with E-state index in [2.05, 4.69) is 20.8 Å². The number of hydrogen-bond donors (Lipinski definition) is 0. The number of methoxy groups -OCH3 is 2. The van der Waals surface area contributed by atoms with E-state index < -0.39 is 11.9 Å². The third kappa shape index (κ3) is 4.06. The van der Waals surface area contributed by atoms with Gasteiger partial charge >= 0.3 is 12.1 Å². The lowest BCUT2D eigenvalue weighted by molar-refractivity contribution is 0.131. The number of amides is 1. The summed E-state index contributed by atoms with van der Waals surface area (Å²) >= 11 is 0. The molecule has 0 bridgehead atoms. The molecular formula is C24H20FN5O3. The Labute approximate surface area is 189 Å². The number of carbonyl (C=O) groups is 1. The van der Waals surface area contributed by atoms with E-state index >= 15 is 4.39 Å². The van der Waals surface area contributed by atoms with Crippen LogP contribution in [0.1, 0.15) is 11.1 Å². The van der Waals surface area contributed by atoms with Gasteiger partial charge in [0, 0.05) is 30.6 Å². The number of fused-ring (bicyclic) bond motifs is 1. The fourth-order valence-electron chi connectivity index (χ4n) is 3.58. The molecule has 0 aliphatic carbocycles. The first-order chi connectivity index (χ1) is 16.0. The molecule has 2 heterocycles. The van der Waals surface area contributed by atoms with Crippen molar-refractivity contribution in [3.8, 4) is 34.5 Å². The maximum atomic E-state index is 15.1. The van der Waals surface area contributed by atoms with Crippen LogP contribution in [0.3, 0.4) is 0 Å². The van der Waals surface area contributed by atoms with E-state index in [-0.39, 0.29) is 6.54 Å². The summed E-state index contributed by atoms with van der Waals surface area (Å²) in [6.07, 6.45) is 2.77. The zero-order chi connectivity index (χ0) is 23.5. The minimum absolute atomic E-state index is 0.0565. The minimum Gasteiger partial charge on any atom is -0.468 e. The van der Waals surface area contributed by atoms with Gasteiger partial charge in [0.05, 0.1) is 43.7 Å². The average molecular weight is 445 g/mol. The van der Waals surface area contributed by atoms with Gasteiger partial charge in [-0.25, -0.2) is 14.2 Å². The molecule has 0 aliphatic rings. The summed E-state index contributed by atoms with van der Waals surface area (Å²) in [5, 5.41) is 9.12. The molecule has 0 unspecified atom stereocenters. The number of rotatable bonds is 5. The van der Waals surface area contributed by atoms with Crippen molar-refractivity contribution < 1.29 is 18.7 Å². The second-order valence-electron chi connectivity index (χ2n) is 7.26. The Bertz CT molecular complexity index is 1380. The van der Waals surface area contributed by atoms with Gasteiger partial charge in [0.15, 0.2) is 5.65 Å². The lowest BCUT2D eigenvalue weighted by Gasteiger charge is -2.17. The fraction of sp³-hybridized carbons (Fsp3) is 0.167. The lowest BCUT2D eigenvalue weighted by atomic mass is 9.98. The summed E-state index contributed by atoms with van der Waals surface area (Å²) in [5.74, 6) is -0.477. The van der Waals surface area contributed by atoms with Crippen LogP contribution in [0.5, 0.6) is 6.01 Å². The van der Waals surface area contributed by atoms with E-state index in [9.17, 15) is 4.79 Å². The molecule has 4 rings (SSSR count). The standard InChI is InChI=1S/C24H20FN5O3/c1-29(24(31)33-3)14-18-9-8-17(12-19(18)25)20-21(16-6-4-15(13-26)5-7-16)28-23(32-2)30-11-10-27-22(20)30/h4-12H,14H2,1-3H3. The highest BCUT2D eigenvalue weighted by molar-refractivity contribution is 5.90. The molecule has 1 amide bonds. The van der Waals surface area contributed by atoms with Crippen LogP contribution in [0.15, 0.2) is 54.9 Å². The maximum Gasteiger partial charge on any atom is 0.409 e. The van der Waals surface area contributed by atoms with Gasteiger partial charge in [-0.15, -0.1) is 0 Å². The lowest BCUT2D eigenvalue weighted by Crippen LogP contribution is -2.26. The first kappa shape index (κ1) is 21.8. The largest absolute Gasteiger partial charge is 0.468 e. The Kier molecular flexibility index (Phi) is 5.91. The number of hydrogen-bond acceptors (Lipinski definition) is 6. The van der Waals surface area contributed by atoms with E-state index in [0.717, 1.165) is 5.56 Å². The Morgan fingerprint density at radius 3 is 2.55 bits per heavy atom. The SMILES string of the molecule is COC(=O)N(C)Cc1ccc(-c2c(-c3ccc(C#N)cc3)nc(OC)n3ccnc23)cc1F. The molecule has 0 N–H and O–H groups in total. The van der Waals surface area contributed by atoms with Gasteiger partial charge in [0.25, 0.3) is 0 Å². The van der Waals surface area contributed by atoms with Crippen LogP contribution >= 0.6 is 0 Å². The second-order valence-corrected chi connectivity index (χ2v) is 7.26. The molecule has 9 heteroatoms. The number of halogens is 1. The highest BCUT2D eigenvalue weighted by Crippen LogP contribution is 2.36. The molecule has 8 nitrogen and oxygen atoms in total. The first-order valence-electron chi connectivity index (χ1n) is 9.96. The molecule has 0 spiro atoms. The molecule has 33 heavy (non-hydrogen) atoms. The Balaban J connectivity index is 1.87. The van der Waals surface area contributed by atoms with E-state index in [4.69, 9.17) is 10.00 Å². The third-order valence-electron chi connectivity index (χ3n) is 5.22. The summed E-state index contributed by atoms with van der Waals surface area (Å²) in [6.45, 7) is 0.0565. The number of nitrogens with zero attached hydrogens (tertiary/aromatic N) is 5. The highest BCUT2D eigenvalue weighted by atomic mass is 19.1. The minimum atomic E-state index is -0.556. The van der Waals surface area contributed by atoms with Crippen molar-refractivity contribution in [3.63, 3.8) is 0 Å². The predicted molar refractivity (Wildman–Crippen MR) is 119 cm³/mol. The van der Waals surface area contributed by atoms with E-state index in [0.29, 0.717) is 39.6 Å². The first-order valence-corrected chi connectivity index (χ1v) is 9.96. The molecular weight excluding hydrogens is 425 g/mol. The van der Waals surface area contributed by atoms with Crippen molar-refractivity contribution in [2.75, 3.05) is 21.3 Å². The molecule has 2 aromatic heterocycles. The topological polar surface area (TPSA) is 92.8 Å². The zero-order valence-corrected chi connectivity index (χ0v) is 18.2. The summed E-state index contributed by atoms with van der Waals surface area (Å²) in [4.78, 5) is 22.1. The van der Waals surface area contributed by atoms with Gasteiger partial charge in [0.2, 0.25) is 0 Å². The molecule has 0 saturated carbocycles. The van der Waals surface area contributed by atoms with Crippen LogP contribution in [-0.4, -0.2) is 46.6 Å². The number of imidazole rings is 1. The number of aromatic nitrogens is 3. The van der Waals surface area contributed by atoms with Crippen molar-refractivity contribution >= 4 is 11.7 Å². The van der Waals surface area contributed by atoms with E-state index in [1.807, 2.05) is 0 Å². The Morgan fingerprint density at radius 1 is 1.18 bits per heavy atom. The van der Waals surface area contributed by atoms with Crippen LogP contribution in [0.2, 0.25) is 0 Å². The Morgan fingerprint density at radius 2 is 1.91 bits per heavy atom. The van der Waals surface area contributed by atoms with Gasteiger partial charge in [-0.3, -0.25) is 4.40 Å². The molecule has 0 aliphatic heterocycles. The summed E-state index contributed by atoms with van der Waals surface area (Å²) in [7, 11) is 4.31. The molecule has 4 aromatic rings. The summed E-state index contributed by atoms with van der Waals surface area (Å²) in [5.41, 5.74) is 3.82. The molecule has 166 valence electrons. The van der Waals surface area contributed by atoms with Crippen molar-refractivity contribution in [1.29, 1.82) is 5.26 Å². The summed E-state index contributed by atoms with van der Waals surface area (Å²) in [6, 6.07) is 14.1. The van der Waals surface area contributed by atoms with Crippen molar-refractivity contribution in [2.45, 2.75) is 6.54 Å². The molecule has 2 aromatic carbocycles. The van der Waals surface area contributed by atoms with Crippen molar-refractivity contribution in [3.05, 3.63) is 71.8 Å². The number of nitriles is 1. The van der Waals surface area contributed by atoms with E-state index in [1.165, 1.54) is 32.2 Å².